The second-order valence-electron chi connectivity index (χ2n) is 4.96. The molecule has 0 saturated heterocycles. The summed E-state index contributed by atoms with van der Waals surface area (Å²) in [7, 11) is 0. The minimum absolute atomic E-state index is 0.335. The molecule has 1 unspecified atom stereocenters. The van der Waals surface area contributed by atoms with Gasteiger partial charge in [-0.3, -0.25) is 0 Å². The van der Waals surface area contributed by atoms with E-state index < -0.39 is 0 Å². The summed E-state index contributed by atoms with van der Waals surface area (Å²) >= 11 is 6.05. The second-order valence-corrected chi connectivity index (χ2v) is 8.13. The number of rotatable bonds is 5. The Labute approximate surface area is 147 Å². The smallest absolute Gasteiger partial charge is 0.0654 e. The van der Waals surface area contributed by atoms with Gasteiger partial charge in [0, 0.05) is 25.4 Å². The van der Waals surface area contributed by atoms with Gasteiger partial charge in [-0.05, 0) is 70.1 Å². The van der Waals surface area contributed by atoms with Crippen molar-refractivity contribution < 1.29 is 0 Å². The molecule has 0 bridgehead atoms. The van der Waals surface area contributed by atoms with Gasteiger partial charge in [-0.15, -0.1) is 22.7 Å². The molecule has 0 aliphatic carbocycles. The van der Waals surface area contributed by atoms with Crippen LogP contribution in [0.1, 0.15) is 21.4 Å². The van der Waals surface area contributed by atoms with Gasteiger partial charge in [-0.2, -0.15) is 0 Å². The van der Waals surface area contributed by atoms with E-state index in [0.717, 1.165) is 6.42 Å². The number of benzene rings is 1. The Bertz CT molecular complexity index is 690. The van der Waals surface area contributed by atoms with Gasteiger partial charge in [-0.25, -0.2) is 0 Å². The molecule has 1 nitrogen and oxygen atoms in total. The van der Waals surface area contributed by atoms with Crippen molar-refractivity contribution in [3.63, 3.8) is 0 Å². The molecule has 0 aliphatic rings. The predicted octanol–water partition coefficient (Wildman–Crippen LogP) is 6.12. The predicted molar refractivity (Wildman–Crippen MR) is 103 cm³/mol. The Kier molecular flexibility index (Phi) is 4.98. The lowest BCUT2D eigenvalue weighted by Gasteiger charge is -2.19. The molecule has 4 heteroatoms. The summed E-state index contributed by atoms with van der Waals surface area (Å²) in [6, 6.07) is 15.6. The van der Waals surface area contributed by atoms with Gasteiger partial charge < -0.3 is 5.32 Å². The van der Waals surface area contributed by atoms with Crippen LogP contribution in [-0.2, 0) is 6.42 Å². The van der Waals surface area contributed by atoms with Gasteiger partial charge in [0.15, 0.2) is 0 Å². The third kappa shape index (κ3) is 3.87. The molecule has 1 aromatic carbocycles. The number of aryl methyl sites for hydroxylation is 1. The molecular formula is C17H16INS2. The molecule has 2 aromatic heterocycles. The van der Waals surface area contributed by atoms with E-state index >= 15 is 0 Å². The van der Waals surface area contributed by atoms with Crippen LogP contribution >= 0.6 is 45.3 Å². The third-order valence-corrected chi connectivity index (χ3v) is 6.43. The van der Waals surface area contributed by atoms with E-state index in [1.54, 1.807) is 0 Å². The van der Waals surface area contributed by atoms with E-state index in [9.17, 15) is 0 Å². The first-order chi connectivity index (χ1) is 10.2. The van der Waals surface area contributed by atoms with E-state index in [1.165, 1.54) is 24.6 Å². The van der Waals surface area contributed by atoms with E-state index in [2.05, 4.69) is 88.1 Å². The van der Waals surface area contributed by atoms with Gasteiger partial charge in [0.25, 0.3) is 0 Å². The van der Waals surface area contributed by atoms with Crippen molar-refractivity contribution in [2.75, 3.05) is 5.32 Å². The normalized spacial score (nSPS) is 12.3. The molecule has 1 N–H and O–H groups in total. The van der Waals surface area contributed by atoms with Crippen LogP contribution in [0, 0.1) is 10.5 Å². The number of hydrogen-bond donors (Lipinski definition) is 1. The molecule has 108 valence electrons. The van der Waals surface area contributed by atoms with Crippen LogP contribution < -0.4 is 5.32 Å². The van der Waals surface area contributed by atoms with E-state index in [0.29, 0.717) is 6.04 Å². The fraction of sp³-hybridized carbons (Fsp3) is 0.176. The number of thiophene rings is 2. The topological polar surface area (TPSA) is 12.0 Å². The summed E-state index contributed by atoms with van der Waals surface area (Å²) in [6.45, 7) is 2.15. The van der Waals surface area contributed by atoms with Crippen molar-refractivity contribution in [2.24, 2.45) is 0 Å². The lowest BCUT2D eigenvalue weighted by molar-refractivity contribution is 0.802. The maximum Gasteiger partial charge on any atom is 0.0654 e. The third-order valence-electron chi connectivity index (χ3n) is 3.38. The van der Waals surface area contributed by atoms with Crippen LogP contribution in [0.25, 0.3) is 0 Å². The second kappa shape index (κ2) is 6.94. The van der Waals surface area contributed by atoms with Crippen molar-refractivity contribution in [1.82, 2.24) is 0 Å². The molecule has 21 heavy (non-hydrogen) atoms. The van der Waals surface area contributed by atoms with E-state index in [4.69, 9.17) is 0 Å². The Morgan fingerprint density at radius 1 is 1.10 bits per heavy atom. The summed E-state index contributed by atoms with van der Waals surface area (Å²) in [5.41, 5.74) is 2.52. The molecule has 0 amide bonds. The van der Waals surface area contributed by atoms with Crippen LogP contribution in [0.15, 0.2) is 53.2 Å². The Balaban J connectivity index is 1.83. The molecule has 2 heterocycles. The SMILES string of the molecule is Cc1ccc(NC(Cc2cccs2)c2cccs2)cc1I. The van der Waals surface area contributed by atoms with Crippen LogP contribution in [0.4, 0.5) is 5.69 Å². The van der Waals surface area contributed by atoms with Crippen molar-refractivity contribution >= 4 is 51.0 Å². The van der Waals surface area contributed by atoms with Crippen molar-refractivity contribution in [1.29, 1.82) is 0 Å². The standard InChI is InChI=1S/C17H16INS2/c1-12-6-7-13(10-15(12)18)19-16(17-5-3-9-21-17)11-14-4-2-8-20-14/h2-10,16,19H,11H2,1H3. The Hall–Kier alpha value is -0.850. The first kappa shape index (κ1) is 15.1. The molecule has 0 aliphatic heterocycles. The number of hydrogen-bond acceptors (Lipinski definition) is 3. The molecular weight excluding hydrogens is 409 g/mol. The van der Waals surface area contributed by atoms with Gasteiger partial charge >= 0.3 is 0 Å². The maximum absolute atomic E-state index is 3.70. The fourth-order valence-electron chi connectivity index (χ4n) is 2.23. The summed E-state index contributed by atoms with van der Waals surface area (Å²) in [5, 5.41) is 8.00. The van der Waals surface area contributed by atoms with Gasteiger partial charge in [0.2, 0.25) is 0 Å². The first-order valence-electron chi connectivity index (χ1n) is 6.81. The van der Waals surface area contributed by atoms with Gasteiger partial charge in [0.05, 0.1) is 6.04 Å². The van der Waals surface area contributed by atoms with Crippen LogP contribution in [-0.4, -0.2) is 0 Å². The van der Waals surface area contributed by atoms with Crippen LogP contribution in [0.3, 0.4) is 0 Å². The minimum atomic E-state index is 0.335. The van der Waals surface area contributed by atoms with E-state index in [1.807, 2.05) is 22.7 Å². The lowest BCUT2D eigenvalue weighted by Crippen LogP contribution is -2.12. The number of nitrogens with one attached hydrogen (secondary N) is 1. The monoisotopic (exact) mass is 425 g/mol. The highest BCUT2D eigenvalue weighted by Crippen LogP contribution is 2.29. The average Bonchev–Trinajstić information content (AvgIpc) is 3.15. The highest BCUT2D eigenvalue weighted by atomic mass is 127. The van der Waals surface area contributed by atoms with Gasteiger partial charge in [0.1, 0.15) is 0 Å². The maximum atomic E-state index is 3.70. The lowest BCUT2D eigenvalue weighted by atomic mass is 10.1. The van der Waals surface area contributed by atoms with Crippen molar-refractivity contribution in [3.05, 3.63) is 72.1 Å². The quantitative estimate of drug-likeness (QED) is 0.486. The van der Waals surface area contributed by atoms with Crippen molar-refractivity contribution in [3.8, 4) is 0 Å². The highest BCUT2D eigenvalue weighted by molar-refractivity contribution is 14.1. The minimum Gasteiger partial charge on any atom is -0.377 e. The number of halogens is 1. The molecule has 0 fully saturated rings. The average molecular weight is 425 g/mol. The summed E-state index contributed by atoms with van der Waals surface area (Å²) < 4.78 is 1.30. The zero-order valence-electron chi connectivity index (χ0n) is 11.7. The highest BCUT2D eigenvalue weighted by Gasteiger charge is 2.14. The largest absolute Gasteiger partial charge is 0.377 e. The van der Waals surface area contributed by atoms with Crippen LogP contribution in [0.2, 0.25) is 0 Å². The Morgan fingerprint density at radius 3 is 2.57 bits per heavy atom. The number of anilines is 1. The summed E-state index contributed by atoms with van der Waals surface area (Å²) in [6.07, 6.45) is 1.03. The van der Waals surface area contributed by atoms with Crippen LogP contribution in [0.5, 0.6) is 0 Å². The molecule has 0 radical (unpaired) electrons. The molecule has 3 aromatic rings. The van der Waals surface area contributed by atoms with Crippen molar-refractivity contribution in [2.45, 2.75) is 19.4 Å². The molecule has 0 spiro atoms. The Morgan fingerprint density at radius 2 is 1.90 bits per heavy atom. The van der Waals surface area contributed by atoms with E-state index in [-0.39, 0.29) is 0 Å². The zero-order valence-corrected chi connectivity index (χ0v) is 15.5. The fourth-order valence-corrected chi connectivity index (χ4v) is 4.27. The molecule has 1 atom stereocenters. The van der Waals surface area contributed by atoms with Gasteiger partial charge in [-0.1, -0.05) is 18.2 Å². The molecule has 0 saturated carbocycles. The molecule has 3 rings (SSSR count). The summed E-state index contributed by atoms with van der Waals surface area (Å²) in [5.74, 6) is 0. The zero-order chi connectivity index (χ0) is 14.7. The first-order valence-corrected chi connectivity index (χ1v) is 9.64. The summed E-state index contributed by atoms with van der Waals surface area (Å²) in [4.78, 5) is 2.81.